The molecule has 1 heterocycles. The lowest BCUT2D eigenvalue weighted by atomic mass is 10.0. The molecule has 0 amide bonds. The fraction of sp³-hybridized carbons (Fsp3) is 0.267. The molecule has 0 aliphatic heterocycles. The quantitative estimate of drug-likeness (QED) is 0.794. The summed E-state index contributed by atoms with van der Waals surface area (Å²) in [6.07, 6.45) is 3.82. The molecule has 2 heteroatoms. The number of benzene rings is 1. The van der Waals surface area contributed by atoms with Crippen molar-refractivity contribution in [3.63, 3.8) is 0 Å². The van der Waals surface area contributed by atoms with Gasteiger partial charge in [0.25, 0.3) is 0 Å². The van der Waals surface area contributed by atoms with E-state index in [2.05, 4.69) is 24.0 Å². The number of pyridine rings is 1. The highest BCUT2D eigenvalue weighted by atomic mass is 16.5. The summed E-state index contributed by atoms with van der Waals surface area (Å²) in [7, 11) is 0. The van der Waals surface area contributed by atoms with E-state index >= 15 is 0 Å². The van der Waals surface area contributed by atoms with Gasteiger partial charge in [0.05, 0.1) is 6.10 Å². The largest absolute Gasteiger partial charge is 0.491 e. The molecule has 0 radical (unpaired) electrons. The zero-order chi connectivity index (χ0) is 12.3. The minimum absolute atomic E-state index is 0.197. The van der Waals surface area contributed by atoms with Gasteiger partial charge in [0.15, 0.2) is 0 Å². The number of rotatable bonds is 3. The zero-order valence-electron chi connectivity index (χ0n) is 10.5. The molecule has 0 fully saturated rings. The summed E-state index contributed by atoms with van der Waals surface area (Å²) in [5.74, 6) is 0.914. The van der Waals surface area contributed by atoms with Crippen molar-refractivity contribution in [3.8, 4) is 16.9 Å². The first kappa shape index (κ1) is 11.6. The summed E-state index contributed by atoms with van der Waals surface area (Å²) in [5, 5.41) is 0. The highest BCUT2D eigenvalue weighted by Crippen LogP contribution is 2.27. The van der Waals surface area contributed by atoms with E-state index in [1.54, 1.807) is 0 Å². The minimum Gasteiger partial charge on any atom is -0.491 e. The molecule has 0 saturated carbocycles. The number of nitrogens with zero attached hydrogens (tertiary/aromatic N) is 1. The molecule has 0 saturated heterocycles. The van der Waals surface area contributed by atoms with Gasteiger partial charge in [-0.15, -0.1) is 0 Å². The van der Waals surface area contributed by atoms with Crippen molar-refractivity contribution in [3.05, 3.63) is 48.3 Å². The summed E-state index contributed by atoms with van der Waals surface area (Å²) < 4.78 is 5.72. The minimum atomic E-state index is 0.197. The summed E-state index contributed by atoms with van der Waals surface area (Å²) in [4.78, 5) is 4.04. The van der Waals surface area contributed by atoms with Crippen LogP contribution in [0.4, 0.5) is 0 Å². The molecule has 0 aliphatic rings. The van der Waals surface area contributed by atoms with E-state index in [-0.39, 0.29) is 6.10 Å². The molecule has 0 atom stereocenters. The van der Waals surface area contributed by atoms with E-state index in [0.717, 1.165) is 5.75 Å². The topological polar surface area (TPSA) is 22.1 Å². The van der Waals surface area contributed by atoms with E-state index in [1.807, 2.05) is 44.4 Å². The van der Waals surface area contributed by atoms with Crippen LogP contribution in [0, 0.1) is 6.92 Å². The smallest absolute Gasteiger partial charge is 0.120 e. The fourth-order valence-corrected chi connectivity index (χ4v) is 1.79. The van der Waals surface area contributed by atoms with Gasteiger partial charge in [0.1, 0.15) is 5.75 Å². The second kappa shape index (κ2) is 5.00. The van der Waals surface area contributed by atoms with Crippen molar-refractivity contribution < 1.29 is 4.74 Å². The molecule has 2 nitrogen and oxygen atoms in total. The van der Waals surface area contributed by atoms with Crippen LogP contribution in [0.2, 0.25) is 0 Å². The molecule has 0 bridgehead atoms. The van der Waals surface area contributed by atoms with Crippen molar-refractivity contribution >= 4 is 0 Å². The number of hydrogen-bond acceptors (Lipinski definition) is 2. The predicted molar refractivity (Wildman–Crippen MR) is 70.2 cm³/mol. The Bertz CT molecular complexity index is 492. The predicted octanol–water partition coefficient (Wildman–Crippen LogP) is 3.84. The normalized spacial score (nSPS) is 10.6. The first-order valence-corrected chi connectivity index (χ1v) is 5.84. The Morgan fingerprint density at radius 2 is 1.76 bits per heavy atom. The van der Waals surface area contributed by atoms with Gasteiger partial charge in [-0.05, 0) is 61.7 Å². The van der Waals surface area contributed by atoms with Crippen LogP contribution in [-0.4, -0.2) is 11.1 Å². The standard InChI is InChI=1S/C15H17NO/c1-11(2)17-14-5-4-12(3)15(10-14)13-6-8-16-9-7-13/h4-11H,1-3H3. The maximum absolute atomic E-state index is 5.72. The van der Waals surface area contributed by atoms with Gasteiger partial charge in [-0.2, -0.15) is 0 Å². The summed E-state index contributed by atoms with van der Waals surface area (Å²) in [5.41, 5.74) is 3.62. The van der Waals surface area contributed by atoms with Crippen LogP contribution in [0.5, 0.6) is 5.75 Å². The van der Waals surface area contributed by atoms with Crippen LogP contribution in [0.1, 0.15) is 19.4 Å². The van der Waals surface area contributed by atoms with Crippen molar-refractivity contribution in [1.29, 1.82) is 0 Å². The Morgan fingerprint density at radius 3 is 2.41 bits per heavy atom. The van der Waals surface area contributed by atoms with Crippen molar-refractivity contribution in [1.82, 2.24) is 4.98 Å². The van der Waals surface area contributed by atoms with E-state index in [4.69, 9.17) is 4.74 Å². The third-order valence-electron chi connectivity index (χ3n) is 2.57. The number of ether oxygens (including phenoxy) is 1. The third-order valence-corrected chi connectivity index (χ3v) is 2.57. The Kier molecular flexibility index (Phi) is 3.43. The number of aromatic nitrogens is 1. The van der Waals surface area contributed by atoms with Crippen LogP contribution < -0.4 is 4.74 Å². The molecule has 1 aromatic carbocycles. The average molecular weight is 227 g/mol. The molecule has 17 heavy (non-hydrogen) atoms. The van der Waals surface area contributed by atoms with Gasteiger partial charge in [-0.1, -0.05) is 6.07 Å². The summed E-state index contributed by atoms with van der Waals surface area (Å²) in [6.45, 7) is 6.17. The Balaban J connectivity index is 2.40. The maximum atomic E-state index is 5.72. The van der Waals surface area contributed by atoms with Gasteiger partial charge >= 0.3 is 0 Å². The third kappa shape index (κ3) is 2.84. The molecular weight excluding hydrogens is 210 g/mol. The lowest BCUT2D eigenvalue weighted by Gasteiger charge is -2.12. The van der Waals surface area contributed by atoms with E-state index < -0.39 is 0 Å². The lowest BCUT2D eigenvalue weighted by molar-refractivity contribution is 0.242. The maximum Gasteiger partial charge on any atom is 0.120 e. The van der Waals surface area contributed by atoms with Crippen molar-refractivity contribution in [2.45, 2.75) is 26.9 Å². The van der Waals surface area contributed by atoms with Gasteiger partial charge in [-0.3, -0.25) is 4.98 Å². The second-order valence-corrected chi connectivity index (χ2v) is 4.38. The first-order valence-electron chi connectivity index (χ1n) is 5.84. The highest BCUT2D eigenvalue weighted by Gasteiger charge is 2.05. The Morgan fingerprint density at radius 1 is 1.06 bits per heavy atom. The van der Waals surface area contributed by atoms with Crippen LogP contribution >= 0.6 is 0 Å². The first-order chi connectivity index (χ1) is 8.16. The fourth-order valence-electron chi connectivity index (χ4n) is 1.79. The average Bonchev–Trinajstić information content (AvgIpc) is 2.32. The Hall–Kier alpha value is -1.83. The Labute approximate surface area is 102 Å². The molecule has 0 N–H and O–H groups in total. The number of hydrogen-bond donors (Lipinski definition) is 0. The zero-order valence-corrected chi connectivity index (χ0v) is 10.5. The van der Waals surface area contributed by atoms with Crippen molar-refractivity contribution in [2.75, 3.05) is 0 Å². The number of aryl methyl sites for hydroxylation is 1. The molecular formula is C15H17NO. The van der Waals surface area contributed by atoms with E-state index in [0.29, 0.717) is 0 Å². The van der Waals surface area contributed by atoms with Gasteiger partial charge in [-0.25, -0.2) is 0 Å². The summed E-state index contributed by atoms with van der Waals surface area (Å²) in [6, 6.07) is 10.2. The van der Waals surface area contributed by atoms with Gasteiger partial charge < -0.3 is 4.74 Å². The van der Waals surface area contributed by atoms with Gasteiger partial charge in [0.2, 0.25) is 0 Å². The van der Waals surface area contributed by atoms with E-state index in [1.165, 1.54) is 16.7 Å². The van der Waals surface area contributed by atoms with E-state index in [9.17, 15) is 0 Å². The molecule has 88 valence electrons. The lowest BCUT2D eigenvalue weighted by Crippen LogP contribution is -2.05. The molecule has 0 aliphatic carbocycles. The molecule has 2 aromatic rings. The highest BCUT2D eigenvalue weighted by molar-refractivity contribution is 5.68. The van der Waals surface area contributed by atoms with Crippen LogP contribution in [-0.2, 0) is 0 Å². The SMILES string of the molecule is Cc1ccc(OC(C)C)cc1-c1ccncc1. The van der Waals surface area contributed by atoms with Crippen LogP contribution in [0.15, 0.2) is 42.7 Å². The van der Waals surface area contributed by atoms with Crippen LogP contribution in [0.3, 0.4) is 0 Å². The molecule has 0 spiro atoms. The van der Waals surface area contributed by atoms with Crippen LogP contribution in [0.25, 0.3) is 11.1 Å². The monoisotopic (exact) mass is 227 g/mol. The summed E-state index contributed by atoms with van der Waals surface area (Å²) >= 11 is 0. The van der Waals surface area contributed by atoms with Gasteiger partial charge in [0, 0.05) is 12.4 Å². The van der Waals surface area contributed by atoms with Crippen molar-refractivity contribution in [2.24, 2.45) is 0 Å². The molecule has 1 aromatic heterocycles. The molecule has 2 rings (SSSR count). The molecule has 0 unspecified atom stereocenters. The second-order valence-electron chi connectivity index (χ2n) is 4.38.